The third kappa shape index (κ3) is 10.0. The average Bonchev–Trinajstić information content (AvgIpc) is 3.72. The zero-order valence-electron chi connectivity index (χ0n) is 34.7. The van der Waals surface area contributed by atoms with Crippen molar-refractivity contribution in [3.63, 3.8) is 0 Å². The molecule has 3 heteroatoms. The number of allylic oxidation sites excluding steroid dienone is 1. The topological polar surface area (TPSA) is 0 Å². The Morgan fingerprint density at radius 3 is 1.10 bits per heavy atom. The van der Waals surface area contributed by atoms with Crippen molar-refractivity contribution in [2.75, 3.05) is 0 Å². The molecule has 5 aromatic rings. The molecule has 0 amide bonds. The Bertz CT molecular complexity index is 1830. The Morgan fingerprint density at radius 2 is 0.780 bits per heavy atom. The highest BCUT2D eigenvalue weighted by Gasteiger charge is 2.27. The lowest BCUT2D eigenvalue weighted by atomic mass is 9.85. The van der Waals surface area contributed by atoms with Gasteiger partial charge in [0.1, 0.15) is 0 Å². The van der Waals surface area contributed by atoms with Crippen LogP contribution in [0, 0.1) is 5.41 Å². The lowest BCUT2D eigenvalue weighted by Crippen LogP contribution is -2.10. The number of fused-ring (bicyclic) bond motifs is 3. The molecule has 0 aliphatic heterocycles. The van der Waals surface area contributed by atoms with Gasteiger partial charge in [-0.25, -0.2) is 0 Å². The highest BCUT2D eigenvalue weighted by molar-refractivity contribution is 7.19. The summed E-state index contributed by atoms with van der Waals surface area (Å²) in [6.07, 6.45) is 3.57. The number of benzene rings is 2. The number of rotatable bonds is 0. The zero-order valence-corrected chi connectivity index (χ0v) is 37.2. The summed E-state index contributed by atoms with van der Waals surface area (Å²) < 4.78 is 2.84. The third-order valence-corrected chi connectivity index (χ3v) is 14.1. The predicted molar refractivity (Wildman–Crippen MR) is 233 cm³/mol. The lowest BCUT2D eigenvalue weighted by Gasteiger charge is -2.20. The maximum Gasteiger partial charge on any atom is 0.0348 e. The Balaban J connectivity index is 0.000000169. The zero-order chi connectivity index (χ0) is 37.8. The van der Waals surface area contributed by atoms with Crippen LogP contribution in [0.4, 0.5) is 0 Å². The van der Waals surface area contributed by atoms with Crippen LogP contribution in [0.2, 0.25) is 0 Å². The summed E-state index contributed by atoms with van der Waals surface area (Å²) in [5.74, 6) is 0. The minimum Gasteiger partial charge on any atom is -0.140 e. The highest BCUT2D eigenvalue weighted by atomic mass is 32.1. The number of hydrogen-bond acceptors (Lipinski definition) is 3. The molecule has 0 unspecified atom stereocenters. The van der Waals surface area contributed by atoms with Crippen molar-refractivity contribution in [3.8, 4) is 0 Å². The fraction of sp³-hybridized carbons (Fsp3) is 0.532. The maximum absolute atomic E-state index is 2.41. The molecule has 0 saturated carbocycles. The van der Waals surface area contributed by atoms with Crippen molar-refractivity contribution in [1.82, 2.24) is 0 Å². The highest BCUT2D eigenvalue weighted by Crippen LogP contribution is 2.43. The molecule has 0 atom stereocenters. The van der Waals surface area contributed by atoms with Crippen molar-refractivity contribution in [2.45, 2.75) is 158 Å². The lowest BCUT2D eigenvalue weighted by molar-refractivity contribution is 0.498. The van der Waals surface area contributed by atoms with E-state index in [2.05, 4.69) is 185 Å². The molecule has 0 nitrogen and oxygen atoms in total. The quantitative estimate of drug-likeness (QED) is 0.149. The van der Waals surface area contributed by atoms with E-state index in [-0.39, 0.29) is 21.7 Å². The van der Waals surface area contributed by atoms with Gasteiger partial charge in [0, 0.05) is 28.9 Å². The second-order valence-corrected chi connectivity index (χ2v) is 23.8. The third-order valence-electron chi connectivity index (χ3n) is 9.48. The average molecular weight is 727 g/mol. The Hall–Kier alpha value is -2.20. The monoisotopic (exact) mass is 726 g/mol. The first-order valence-corrected chi connectivity index (χ1v) is 20.9. The summed E-state index contributed by atoms with van der Waals surface area (Å²) in [5, 5.41) is 2.76. The van der Waals surface area contributed by atoms with Crippen LogP contribution in [-0.4, -0.2) is 0 Å². The van der Waals surface area contributed by atoms with Crippen LogP contribution in [0.15, 0.2) is 60.2 Å². The van der Waals surface area contributed by atoms with Gasteiger partial charge in [-0.2, -0.15) is 0 Å². The molecule has 0 saturated heterocycles. The van der Waals surface area contributed by atoms with E-state index in [1.807, 2.05) is 34.0 Å². The fourth-order valence-corrected chi connectivity index (χ4v) is 9.23. The van der Waals surface area contributed by atoms with E-state index in [0.29, 0.717) is 10.8 Å². The molecule has 3 aromatic heterocycles. The minimum atomic E-state index is 0.236. The van der Waals surface area contributed by atoms with Gasteiger partial charge in [-0.3, -0.25) is 0 Å². The largest absolute Gasteiger partial charge is 0.140 e. The molecule has 1 aliphatic carbocycles. The van der Waals surface area contributed by atoms with Crippen LogP contribution in [-0.2, 0) is 33.5 Å². The van der Waals surface area contributed by atoms with Gasteiger partial charge in [-0.15, -0.1) is 34.0 Å². The second-order valence-electron chi connectivity index (χ2n) is 20.6. The standard InChI is InChI=1S/2C16H22S.C15H22S/c2*1-15(2,3)12-8-7-11-9-14(16(4,5)6)17-13(11)10-12;1-14(2,3)11-7-10-8-13(15(4,5)6)16-12(10)9-11/h2*7-10H,1-6H3;8-9H,7H2,1-6H3. The van der Waals surface area contributed by atoms with E-state index in [9.17, 15) is 0 Å². The minimum absolute atomic E-state index is 0.236. The number of thiophene rings is 3. The molecule has 0 spiro atoms. The van der Waals surface area contributed by atoms with Crippen LogP contribution in [0.1, 0.15) is 161 Å². The van der Waals surface area contributed by atoms with Crippen molar-refractivity contribution >= 4 is 60.3 Å². The summed E-state index contributed by atoms with van der Waals surface area (Å²) in [6, 6.07) is 20.9. The molecule has 6 rings (SSSR count). The molecule has 272 valence electrons. The Morgan fingerprint density at radius 1 is 0.400 bits per heavy atom. The molecule has 0 fully saturated rings. The smallest absolute Gasteiger partial charge is 0.0348 e. The number of hydrogen-bond donors (Lipinski definition) is 0. The summed E-state index contributed by atoms with van der Waals surface area (Å²) >= 11 is 5.84. The first-order valence-electron chi connectivity index (χ1n) is 18.5. The Kier molecular flexibility index (Phi) is 11.3. The summed E-state index contributed by atoms with van der Waals surface area (Å²) in [4.78, 5) is 5.95. The van der Waals surface area contributed by atoms with Crippen molar-refractivity contribution in [1.29, 1.82) is 0 Å². The van der Waals surface area contributed by atoms with Crippen LogP contribution in [0.3, 0.4) is 0 Å². The summed E-state index contributed by atoms with van der Waals surface area (Å²) in [5.41, 5.74) is 7.57. The first kappa shape index (κ1) is 40.6. The van der Waals surface area contributed by atoms with E-state index < -0.39 is 0 Å². The van der Waals surface area contributed by atoms with Crippen LogP contribution < -0.4 is 0 Å². The SMILES string of the molecule is CC(C)(C)C1=Cc2sc(C(C)(C)C)cc2C1.CC(C)(C)c1ccc2cc(C(C)(C)C)sc2c1.CC(C)(C)c1ccc2cc(C(C)(C)C)sc2c1. The van der Waals surface area contributed by atoms with Crippen molar-refractivity contribution < 1.29 is 0 Å². The van der Waals surface area contributed by atoms with Crippen LogP contribution in [0.5, 0.6) is 0 Å². The Labute approximate surface area is 318 Å². The molecule has 0 N–H and O–H groups in total. The molecule has 1 aliphatic rings. The van der Waals surface area contributed by atoms with Gasteiger partial charge in [0.15, 0.2) is 0 Å². The molecule has 0 bridgehead atoms. The molecular weight excluding hydrogens is 661 g/mol. The van der Waals surface area contributed by atoms with Gasteiger partial charge in [-0.1, -0.05) is 154 Å². The van der Waals surface area contributed by atoms with Crippen LogP contribution >= 0.6 is 34.0 Å². The molecule has 0 radical (unpaired) electrons. The summed E-state index contributed by atoms with van der Waals surface area (Å²) in [6.45, 7) is 41.1. The van der Waals surface area contributed by atoms with Crippen molar-refractivity contribution in [2.24, 2.45) is 5.41 Å². The first-order chi connectivity index (χ1) is 22.5. The molecule has 50 heavy (non-hydrogen) atoms. The van der Waals surface area contributed by atoms with Gasteiger partial charge >= 0.3 is 0 Å². The molecule has 3 heterocycles. The molecule has 2 aromatic carbocycles. The van der Waals surface area contributed by atoms with Gasteiger partial charge in [0.05, 0.1) is 0 Å². The summed E-state index contributed by atoms with van der Waals surface area (Å²) in [7, 11) is 0. The van der Waals surface area contributed by atoms with Crippen molar-refractivity contribution in [3.05, 3.63) is 96.4 Å². The normalized spacial score (nSPS) is 14.2. The van der Waals surface area contributed by atoms with E-state index in [0.717, 1.165) is 6.42 Å². The van der Waals surface area contributed by atoms with E-state index in [4.69, 9.17) is 0 Å². The maximum atomic E-state index is 2.41. The van der Waals surface area contributed by atoms with Crippen LogP contribution in [0.25, 0.3) is 26.2 Å². The van der Waals surface area contributed by atoms with E-state index in [1.165, 1.54) is 50.8 Å². The predicted octanol–water partition coefficient (Wildman–Crippen LogP) is 16.0. The second kappa shape index (κ2) is 14.0. The van der Waals surface area contributed by atoms with E-state index >= 15 is 0 Å². The molecular formula is C47H66S3. The van der Waals surface area contributed by atoms with Gasteiger partial charge in [-0.05, 0) is 103 Å². The van der Waals surface area contributed by atoms with Gasteiger partial charge in [0.25, 0.3) is 0 Å². The van der Waals surface area contributed by atoms with Gasteiger partial charge in [0.2, 0.25) is 0 Å². The van der Waals surface area contributed by atoms with Gasteiger partial charge < -0.3 is 0 Å². The van der Waals surface area contributed by atoms with E-state index in [1.54, 1.807) is 11.1 Å². The fourth-order valence-electron chi connectivity index (χ4n) is 5.70.